The predicted molar refractivity (Wildman–Crippen MR) is 102 cm³/mol. The zero-order chi connectivity index (χ0) is 18.8. The van der Waals surface area contributed by atoms with E-state index in [1.807, 2.05) is 30.3 Å². The van der Waals surface area contributed by atoms with Gasteiger partial charge in [0.2, 0.25) is 5.95 Å². The fourth-order valence-corrected chi connectivity index (χ4v) is 2.78. The van der Waals surface area contributed by atoms with Crippen LogP contribution in [0.3, 0.4) is 0 Å². The van der Waals surface area contributed by atoms with E-state index in [-0.39, 0.29) is 22.8 Å². The number of nitro benzene ring substituents is 1. The molecule has 2 aromatic heterocycles. The average Bonchev–Trinajstić information content (AvgIpc) is 2.68. The Kier molecular flexibility index (Phi) is 4.06. The maximum absolute atomic E-state index is 12.7. The number of benzene rings is 2. The van der Waals surface area contributed by atoms with Crippen molar-refractivity contribution in [1.82, 2.24) is 15.0 Å². The number of nitrogens with one attached hydrogen (secondary N) is 2. The molecule has 0 aliphatic carbocycles. The van der Waals surface area contributed by atoms with Gasteiger partial charge < -0.3 is 5.32 Å². The second-order valence-electron chi connectivity index (χ2n) is 5.77. The third-order valence-corrected chi connectivity index (χ3v) is 4.03. The van der Waals surface area contributed by atoms with Gasteiger partial charge in [-0.25, -0.2) is 4.98 Å². The summed E-state index contributed by atoms with van der Waals surface area (Å²) in [5, 5.41) is 14.2. The molecule has 2 aromatic carbocycles. The molecule has 0 aliphatic rings. The minimum absolute atomic E-state index is 0.0153. The Bertz CT molecular complexity index is 1190. The third kappa shape index (κ3) is 3.23. The molecule has 8 nitrogen and oxygen atoms in total. The number of non-ortho nitro benzene ring substituents is 1. The molecule has 0 radical (unpaired) electrons. The van der Waals surface area contributed by atoms with Crippen LogP contribution in [-0.2, 0) is 0 Å². The van der Waals surface area contributed by atoms with Gasteiger partial charge in [0.25, 0.3) is 11.2 Å². The van der Waals surface area contributed by atoms with Gasteiger partial charge in [0.05, 0.1) is 10.3 Å². The Balaban J connectivity index is 1.79. The van der Waals surface area contributed by atoms with Gasteiger partial charge in [-0.3, -0.25) is 19.9 Å². The molecule has 4 aromatic rings. The summed E-state index contributed by atoms with van der Waals surface area (Å²) in [6.45, 7) is 0. The normalized spacial score (nSPS) is 10.7. The highest BCUT2D eigenvalue weighted by atomic mass is 16.6. The Morgan fingerprint density at radius 3 is 2.44 bits per heavy atom. The van der Waals surface area contributed by atoms with E-state index < -0.39 is 4.92 Å². The van der Waals surface area contributed by atoms with Gasteiger partial charge in [0.15, 0.2) is 5.65 Å². The van der Waals surface area contributed by atoms with Crippen LogP contribution >= 0.6 is 0 Å². The molecular weight excluding hydrogens is 346 g/mol. The molecule has 0 unspecified atom stereocenters. The van der Waals surface area contributed by atoms with Crippen LogP contribution in [0.15, 0.2) is 71.7 Å². The number of hydrogen-bond acceptors (Lipinski definition) is 6. The van der Waals surface area contributed by atoms with Crippen molar-refractivity contribution in [2.45, 2.75) is 0 Å². The standard InChI is InChI=1S/C19H13N5O3/c25-18-16-15(12-6-8-14(9-7-12)24(26)27)10-11-20-17(16)22-19(23-18)21-13-4-2-1-3-5-13/h1-11H,(H2,20,21,22,23,25). The summed E-state index contributed by atoms with van der Waals surface area (Å²) < 4.78 is 0. The van der Waals surface area contributed by atoms with E-state index in [4.69, 9.17) is 0 Å². The highest BCUT2D eigenvalue weighted by molar-refractivity contribution is 5.92. The molecule has 132 valence electrons. The van der Waals surface area contributed by atoms with Crippen molar-refractivity contribution in [3.8, 4) is 11.1 Å². The van der Waals surface area contributed by atoms with Crippen LogP contribution in [0.2, 0.25) is 0 Å². The van der Waals surface area contributed by atoms with Gasteiger partial charge >= 0.3 is 0 Å². The summed E-state index contributed by atoms with van der Waals surface area (Å²) in [6.07, 6.45) is 1.55. The number of para-hydroxylation sites is 1. The smallest absolute Gasteiger partial charge is 0.269 e. The van der Waals surface area contributed by atoms with E-state index in [2.05, 4.69) is 20.3 Å². The zero-order valence-corrected chi connectivity index (χ0v) is 13.9. The third-order valence-electron chi connectivity index (χ3n) is 4.03. The molecule has 0 fully saturated rings. The number of nitrogens with zero attached hydrogens (tertiary/aromatic N) is 3. The molecule has 0 bridgehead atoms. The van der Waals surface area contributed by atoms with E-state index in [1.54, 1.807) is 24.4 Å². The lowest BCUT2D eigenvalue weighted by Crippen LogP contribution is -2.13. The van der Waals surface area contributed by atoms with Crippen LogP contribution in [0, 0.1) is 10.1 Å². The van der Waals surface area contributed by atoms with Crippen molar-refractivity contribution in [3.05, 3.63) is 87.3 Å². The van der Waals surface area contributed by atoms with Gasteiger partial charge in [-0.1, -0.05) is 18.2 Å². The molecule has 4 rings (SSSR count). The monoisotopic (exact) mass is 359 g/mol. The van der Waals surface area contributed by atoms with E-state index in [1.165, 1.54) is 12.1 Å². The van der Waals surface area contributed by atoms with Gasteiger partial charge in [-0.15, -0.1) is 0 Å². The summed E-state index contributed by atoms with van der Waals surface area (Å²) in [5.41, 5.74) is 1.98. The number of fused-ring (bicyclic) bond motifs is 1. The summed E-state index contributed by atoms with van der Waals surface area (Å²) in [4.78, 5) is 34.3. The van der Waals surface area contributed by atoms with Gasteiger partial charge in [-0.05, 0) is 41.5 Å². The van der Waals surface area contributed by atoms with Gasteiger partial charge in [0.1, 0.15) is 0 Å². The molecule has 8 heteroatoms. The number of aromatic amines is 1. The number of nitro groups is 1. The molecule has 0 saturated carbocycles. The summed E-state index contributed by atoms with van der Waals surface area (Å²) >= 11 is 0. The molecule has 0 spiro atoms. The number of hydrogen-bond donors (Lipinski definition) is 2. The molecule has 0 amide bonds. The molecule has 2 heterocycles. The molecule has 0 aliphatic heterocycles. The highest BCUT2D eigenvalue weighted by Crippen LogP contribution is 2.26. The molecule has 27 heavy (non-hydrogen) atoms. The number of anilines is 2. The average molecular weight is 359 g/mol. The number of aromatic nitrogens is 3. The van der Waals surface area contributed by atoms with Crippen LogP contribution in [0.4, 0.5) is 17.3 Å². The first-order valence-corrected chi connectivity index (χ1v) is 8.08. The van der Waals surface area contributed by atoms with Crippen molar-refractivity contribution < 1.29 is 4.92 Å². The van der Waals surface area contributed by atoms with Crippen molar-refractivity contribution in [2.75, 3.05) is 5.32 Å². The van der Waals surface area contributed by atoms with E-state index >= 15 is 0 Å². The Hall–Kier alpha value is -4.07. The Morgan fingerprint density at radius 1 is 1.00 bits per heavy atom. The minimum Gasteiger partial charge on any atom is -0.326 e. The van der Waals surface area contributed by atoms with Gasteiger partial charge in [-0.2, -0.15) is 4.98 Å². The van der Waals surface area contributed by atoms with Crippen LogP contribution in [0.25, 0.3) is 22.2 Å². The lowest BCUT2D eigenvalue weighted by molar-refractivity contribution is -0.384. The van der Waals surface area contributed by atoms with Crippen molar-refractivity contribution in [3.63, 3.8) is 0 Å². The molecule has 0 atom stereocenters. The summed E-state index contributed by atoms with van der Waals surface area (Å²) in [6, 6.07) is 17.0. The highest BCUT2D eigenvalue weighted by Gasteiger charge is 2.13. The number of H-pyrrole nitrogens is 1. The first-order chi connectivity index (χ1) is 13.1. The van der Waals surface area contributed by atoms with Crippen LogP contribution in [0.5, 0.6) is 0 Å². The van der Waals surface area contributed by atoms with E-state index in [9.17, 15) is 14.9 Å². The largest absolute Gasteiger partial charge is 0.326 e. The van der Waals surface area contributed by atoms with Crippen LogP contribution in [-0.4, -0.2) is 19.9 Å². The molecule has 0 saturated heterocycles. The lowest BCUT2D eigenvalue weighted by atomic mass is 10.0. The summed E-state index contributed by atoms with van der Waals surface area (Å²) in [5.74, 6) is 0.284. The second kappa shape index (κ2) is 6.68. The maximum Gasteiger partial charge on any atom is 0.269 e. The number of pyridine rings is 1. The molecule has 2 N–H and O–H groups in total. The first kappa shape index (κ1) is 16.4. The van der Waals surface area contributed by atoms with Crippen LogP contribution < -0.4 is 10.9 Å². The summed E-state index contributed by atoms with van der Waals surface area (Å²) in [7, 11) is 0. The second-order valence-corrected chi connectivity index (χ2v) is 5.77. The fraction of sp³-hybridized carbons (Fsp3) is 0. The van der Waals surface area contributed by atoms with E-state index in [0.717, 1.165) is 5.69 Å². The number of rotatable bonds is 4. The minimum atomic E-state index is -0.468. The SMILES string of the molecule is O=c1[nH]c(Nc2ccccc2)nc2nccc(-c3ccc([N+](=O)[O-])cc3)c12. The zero-order valence-electron chi connectivity index (χ0n) is 13.9. The van der Waals surface area contributed by atoms with Crippen molar-refractivity contribution in [1.29, 1.82) is 0 Å². The Labute approximate surface area is 152 Å². The Morgan fingerprint density at radius 2 is 1.74 bits per heavy atom. The molecular formula is C19H13N5O3. The van der Waals surface area contributed by atoms with Crippen molar-refractivity contribution in [2.24, 2.45) is 0 Å². The predicted octanol–water partition coefficient (Wildman–Crippen LogP) is 3.64. The van der Waals surface area contributed by atoms with Gasteiger partial charge in [0, 0.05) is 24.0 Å². The lowest BCUT2D eigenvalue weighted by Gasteiger charge is -2.08. The maximum atomic E-state index is 12.7. The van der Waals surface area contributed by atoms with Crippen molar-refractivity contribution >= 4 is 28.4 Å². The van der Waals surface area contributed by atoms with E-state index in [0.29, 0.717) is 16.5 Å². The quantitative estimate of drug-likeness (QED) is 0.425. The first-order valence-electron chi connectivity index (χ1n) is 8.08. The topological polar surface area (TPSA) is 114 Å². The fourth-order valence-electron chi connectivity index (χ4n) is 2.78. The van der Waals surface area contributed by atoms with Crippen LogP contribution in [0.1, 0.15) is 0 Å².